The fourth-order valence-corrected chi connectivity index (χ4v) is 7.11. The number of benzene rings is 1. The molecule has 264 valence electrons. The van der Waals surface area contributed by atoms with Crippen molar-refractivity contribution >= 4 is 23.8 Å². The van der Waals surface area contributed by atoms with Crippen LogP contribution in [-0.2, 0) is 30.4 Å². The molecule has 48 heavy (non-hydrogen) atoms. The third-order valence-electron chi connectivity index (χ3n) is 9.65. The normalized spacial score (nSPS) is 21.5. The zero-order valence-corrected chi connectivity index (χ0v) is 28.7. The van der Waals surface area contributed by atoms with E-state index in [9.17, 15) is 28.0 Å². The number of carbonyl (C=O) groups is 4. The first-order valence-corrected chi connectivity index (χ1v) is 17.2. The zero-order valence-electron chi connectivity index (χ0n) is 28.7. The van der Waals surface area contributed by atoms with Gasteiger partial charge in [0, 0.05) is 37.2 Å². The summed E-state index contributed by atoms with van der Waals surface area (Å²) in [7, 11) is 0. The van der Waals surface area contributed by atoms with Crippen LogP contribution in [0, 0.1) is 23.2 Å². The summed E-state index contributed by atoms with van der Waals surface area (Å²) in [5.74, 6) is -8.04. The van der Waals surface area contributed by atoms with E-state index in [0.29, 0.717) is 19.4 Å². The molecule has 1 aromatic heterocycles. The molecule has 2 fully saturated rings. The molecule has 0 aliphatic heterocycles. The average Bonchev–Trinajstić information content (AvgIpc) is 3.64. The van der Waals surface area contributed by atoms with E-state index in [0.717, 1.165) is 24.8 Å². The second kappa shape index (κ2) is 16.0. The maximum atomic E-state index is 14.7. The largest absolute Gasteiger partial charge is 0.463 e. The van der Waals surface area contributed by atoms with Gasteiger partial charge in [-0.25, -0.2) is 23.4 Å². The smallest absolute Gasteiger partial charge is 0.347 e. The van der Waals surface area contributed by atoms with Crippen LogP contribution in [0.15, 0.2) is 42.7 Å². The quantitative estimate of drug-likeness (QED) is 0.262. The van der Waals surface area contributed by atoms with Gasteiger partial charge in [0.2, 0.25) is 12.0 Å². The number of aromatic nitrogens is 2. The summed E-state index contributed by atoms with van der Waals surface area (Å²) in [5, 5.41) is 5.72. The number of amides is 2. The van der Waals surface area contributed by atoms with Gasteiger partial charge >= 0.3 is 11.9 Å². The molecule has 2 amide bonds. The number of nitrogens with zero attached hydrogens (tertiary/aromatic N) is 2. The van der Waals surface area contributed by atoms with Crippen LogP contribution >= 0.6 is 0 Å². The van der Waals surface area contributed by atoms with Crippen LogP contribution in [0.3, 0.4) is 0 Å². The number of nitrogens with one attached hydrogen (secondary N) is 2. The van der Waals surface area contributed by atoms with Gasteiger partial charge in [-0.2, -0.15) is 0 Å². The predicted molar refractivity (Wildman–Crippen MR) is 175 cm³/mol. The highest BCUT2D eigenvalue weighted by atomic mass is 19.3. The number of imidazole rings is 1. The van der Waals surface area contributed by atoms with Crippen LogP contribution in [0.4, 0.5) is 8.78 Å². The highest BCUT2D eigenvalue weighted by molar-refractivity contribution is 5.96. The maximum absolute atomic E-state index is 14.7. The van der Waals surface area contributed by atoms with Gasteiger partial charge in [0.25, 0.3) is 11.8 Å². The van der Waals surface area contributed by atoms with E-state index in [4.69, 9.17) is 9.47 Å². The Morgan fingerprint density at radius 3 is 2.31 bits per heavy atom. The Morgan fingerprint density at radius 1 is 1.00 bits per heavy atom. The van der Waals surface area contributed by atoms with Crippen molar-refractivity contribution < 1.29 is 37.4 Å². The van der Waals surface area contributed by atoms with Gasteiger partial charge in [0.1, 0.15) is 12.1 Å². The fourth-order valence-electron chi connectivity index (χ4n) is 7.11. The third-order valence-corrected chi connectivity index (χ3v) is 9.65. The fraction of sp³-hybridized carbons (Fsp3) is 0.639. The first-order chi connectivity index (χ1) is 22.8. The van der Waals surface area contributed by atoms with Crippen molar-refractivity contribution in [1.29, 1.82) is 0 Å². The lowest BCUT2D eigenvalue weighted by molar-refractivity contribution is -0.178. The van der Waals surface area contributed by atoms with Crippen LogP contribution < -0.4 is 10.6 Å². The Balaban J connectivity index is 1.56. The molecule has 1 heterocycles. The van der Waals surface area contributed by atoms with Crippen molar-refractivity contribution in [2.75, 3.05) is 6.61 Å². The number of halogens is 2. The van der Waals surface area contributed by atoms with Gasteiger partial charge in [0.05, 0.1) is 6.61 Å². The minimum absolute atomic E-state index is 0.00929. The molecule has 0 radical (unpaired) electrons. The van der Waals surface area contributed by atoms with E-state index >= 15 is 0 Å². The van der Waals surface area contributed by atoms with Crippen molar-refractivity contribution in [3.05, 3.63) is 54.1 Å². The van der Waals surface area contributed by atoms with E-state index in [1.54, 1.807) is 45.4 Å². The summed E-state index contributed by atoms with van der Waals surface area (Å²) in [5.41, 5.74) is 0.0772. The lowest BCUT2D eigenvalue weighted by atomic mass is 9.82. The molecule has 0 spiro atoms. The Kier molecular flexibility index (Phi) is 12.4. The molecule has 10 nitrogen and oxygen atoms in total. The van der Waals surface area contributed by atoms with Crippen molar-refractivity contribution in [2.45, 2.75) is 117 Å². The predicted octanol–water partition coefficient (Wildman–Crippen LogP) is 5.69. The summed E-state index contributed by atoms with van der Waals surface area (Å²) in [6.07, 6.45) is 5.57. The van der Waals surface area contributed by atoms with Crippen LogP contribution in [-0.4, -0.2) is 64.0 Å². The summed E-state index contributed by atoms with van der Waals surface area (Å²) in [6.45, 7) is 8.78. The third kappa shape index (κ3) is 8.99. The van der Waals surface area contributed by atoms with Crippen molar-refractivity contribution in [1.82, 2.24) is 20.2 Å². The van der Waals surface area contributed by atoms with E-state index in [1.165, 1.54) is 6.20 Å². The molecule has 12 heteroatoms. The van der Waals surface area contributed by atoms with Gasteiger partial charge in [-0.15, -0.1) is 0 Å². The minimum atomic E-state index is -3.00. The Labute approximate surface area is 281 Å². The van der Waals surface area contributed by atoms with Crippen LogP contribution in [0.5, 0.6) is 0 Å². The Morgan fingerprint density at radius 2 is 1.69 bits per heavy atom. The van der Waals surface area contributed by atoms with E-state index in [-0.39, 0.29) is 31.2 Å². The summed E-state index contributed by atoms with van der Waals surface area (Å²) >= 11 is 0. The molecule has 0 saturated heterocycles. The summed E-state index contributed by atoms with van der Waals surface area (Å²) in [4.78, 5) is 58.9. The SMILES string of the molecule is CCOC(=O)[C@@H](OC(=O)[C@@H](NC(=O)[C@@H](NC(=O)c1nccn1Cc1ccccc1)C1CCCCC1)C(C)(C)C)[C@H]1CCC(F)(F)[C@H]1CC. The molecular formula is C36H50F2N4O6. The molecular weight excluding hydrogens is 622 g/mol. The maximum Gasteiger partial charge on any atom is 0.347 e. The van der Waals surface area contributed by atoms with E-state index < -0.39 is 71.5 Å². The summed E-state index contributed by atoms with van der Waals surface area (Å²) in [6, 6.07) is 7.38. The summed E-state index contributed by atoms with van der Waals surface area (Å²) < 4.78 is 42.1. The standard InChI is InChI=1S/C36H50F2N4O6/c1-6-26-25(18-19-36(26,37)38)28(33(45)47-7-2)48-34(46)29(35(3,4)5)41-31(43)27(24-16-12-9-13-17-24)40-32(44)30-39-20-21-42(30)22-23-14-10-8-11-15-23/h8,10-11,14-15,20-21,24-29H,6-7,9,12-13,16-19,22H2,1-5H3,(H,40,44)(H,41,43)/t25-,26-,27-,28-,29+/m0/s1. The lowest BCUT2D eigenvalue weighted by Crippen LogP contribution is -2.58. The van der Waals surface area contributed by atoms with E-state index in [2.05, 4.69) is 15.6 Å². The number of hydrogen-bond acceptors (Lipinski definition) is 7. The molecule has 4 rings (SSSR count). The first-order valence-electron chi connectivity index (χ1n) is 17.2. The van der Waals surface area contributed by atoms with Crippen LogP contribution in [0.1, 0.15) is 102 Å². The highest BCUT2D eigenvalue weighted by Gasteiger charge is 2.54. The topological polar surface area (TPSA) is 129 Å². The second-order valence-electron chi connectivity index (χ2n) is 14.1. The molecule has 2 N–H and O–H groups in total. The molecule has 2 aliphatic carbocycles. The van der Waals surface area contributed by atoms with Crippen molar-refractivity contribution in [2.24, 2.45) is 23.2 Å². The molecule has 0 unspecified atom stereocenters. The molecule has 2 aromatic rings. The number of rotatable bonds is 13. The highest BCUT2D eigenvalue weighted by Crippen LogP contribution is 2.48. The Bertz CT molecular complexity index is 1400. The second-order valence-corrected chi connectivity index (χ2v) is 14.1. The van der Waals surface area contributed by atoms with Crippen LogP contribution in [0.2, 0.25) is 0 Å². The molecule has 1 aromatic carbocycles. The Hall–Kier alpha value is -3.83. The van der Waals surface area contributed by atoms with Gasteiger partial charge in [-0.3, -0.25) is 9.59 Å². The zero-order chi connectivity index (χ0) is 35.1. The number of ether oxygens (including phenoxy) is 2. The minimum Gasteiger partial charge on any atom is -0.463 e. The lowest BCUT2D eigenvalue weighted by Gasteiger charge is -2.35. The molecule has 2 aliphatic rings. The van der Waals surface area contributed by atoms with Gasteiger partial charge in [-0.1, -0.05) is 77.3 Å². The molecule has 2 saturated carbocycles. The van der Waals surface area contributed by atoms with Gasteiger partial charge in [0.15, 0.2) is 5.82 Å². The van der Waals surface area contributed by atoms with Crippen molar-refractivity contribution in [3.8, 4) is 0 Å². The number of carbonyl (C=O) groups excluding carboxylic acids is 4. The van der Waals surface area contributed by atoms with Gasteiger partial charge < -0.3 is 24.7 Å². The number of alkyl halides is 2. The first kappa shape index (κ1) is 37.0. The molecule has 5 atom stereocenters. The molecule has 0 bridgehead atoms. The van der Waals surface area contributed by atoms with Gasteiger partial charge in [-0.05, 0) is 49.5 Å². The van der Waals surface area contributed by atoms with Crippen molar-refractivity contribution in [3.63, 3.8) is 0 Å². The van der Waals surface area contributed by atoms with Crippen LogP contribution in [0.25, 0.3) is 0 Å². The number of esters is 2. The van der Waals surface area contributed by atoms with E-state index in [1.807, 2.05) is 30.3 Å². The monoisotopic (exact) mass is 672 g/mol. The average molecular weight is 673 g/mol. The number of hydrogen-bond donors (Lipinski definition) is 2.